The summed E-state index contributed by atoms with van der Waals surface area (Å²) in [6.07, 6.45) is 0. The maximum absolute atomic E-state index is 13.9. The second-order valence-corrected chi connectivity index (χ2v) is 12.9. The van der Waals surface area contributed by atoms with Crippen LogP contribution < -0.4 is 14.4 Å². The third-order valence-corrected chi connectivity index (χ3v) is 8.20. The van der Waals surface area contributed by atoms with Crippen LogP contribution in [-0.2, 0) is 26.2 Å². The molecule has 0 unspecified atom stereocenters. The van der Waals surface area contributed by atoms with Crippen molar-refractivity contribution >= 4 is 43.5 Å². The fourth-order valence-electron chi connectivity index (χ4n) is 3.86. The van der Waals surface area contributed by atoms with E-state index in [2.05, 4.69) is 21.2 Å². The molecule has 0 spiro atoms. The lowest BCUT2D eigenvalue weighted by Gasteiger charge is -2.33. The molecule has 2 amide bonds. The zero-order chi connectivity index (χ0) is 28.8. The van der Waals surface area contributed by atoms with E-state index in [0.717, 1.165) is 14.3 Å². The zero-order valence-corrected chi connectivity index (χ0v) is 25.1. The largest absolute Gasteiger partial charge is 0.497 e. The molecular weight excluding hydrogens is 582 g/mol. The van der Waals surface area contributed by atoms with Gasteiger partial charge < -0.3 is 15.0 Å². The first-order valence-electron chi connectivity index (χ1n) is 12.4. The minimum atomic E-state index is -4.14. The first kappa shape index (κ1) is 30.2. The smallest absolute Gasteiger partial charge is 0.264 e. The Morgan fingerprint density at radius 1 is 0.974 bits per heavy atom. The van der Waals surface area contributed by atoms with E-state index in [-0.39, 0.29) is 23.0 Å². The Kier molecular flexibility index (Phi) is 9.79. The Balaban J connectivity index is 2.04. The standard InChI is InChI=1S/C29H34BrN3O5S/c1-21(28(35)31-29(2,3)4)32(19-22-14-16-23(30)17-15-22)27(34)20-33(24-10-9-11-25(18-24)38-5)39(36,37)26-12-7-6-8-13-26/h6-18,21H,19-20H2,1-5H3,(H,31,35)/t21-/m0/s1. The predicted molar refractivity (Wildman–Crippen MR) is 156 cm³/mol. The predicted octanol–water partition coefficient (Wildman–Crippen LogP) is 4.99. The van der Waals surface area contributed by atoms with Gasteiger partial charge in [0.1, 0.15) is 18.3 Å². The topological polar surface area (TPSA) is 96.0 Å². The quantitative estimate of drug-likeness (QED) is 0.347. The Labute approximate surface area is 239 Å². The number of carbonyl (C=O) groups is 2. The summed E-state index contributed by atoms with van der Waals surface area (Å²) in [5.74, 6) is -0.429. The van der Waals surface area contributed by atoms with Gasteiger partial charge in [-0.25, -0.2) is 8.42 Å². The highest BCUT2D eigenvalue weighted by molar-refractivity contribution is 9.10. The van der Waals surface area contributed by atoms with Crippen molar-refractivity contribution in [2.45, 2.75) is 50.7 Å². The second-order valence-electron chi connectivity index (χ2n) is 10.1. The van der Waals surface area contributed by atoms with Crippen molar-refractivity contribution in [1.82, 2.24) is 10.2 Å². The van der Waals surface area contributed by atoms with Crippen LogP contribution in [0.1, 0.15) is 33.3 Å². The summed E-state index contributed by atoms with van der Waals surface area (Å²) in [7, 11) is -2.66. The number of nitrogens with zero attached hydrogens (tertiary/aromatic N) is 2. The second kappa shape index (κ2) is 12.7. The van der Waals surface area contributed by atoms with E-state index in [9.17, 15) is 18.0 Å². The van der Waals surface area contributed by atoms with E-state index in [4.69, 9.17) is 4.74 Å². The number of anilines is 1. The molecule has 3 aromatic carbocycles. The third kappa shape index (κ3) is 8.06. The van der Waals surface area contributed by atoms with Gasteiger partial charge in [0.15, 0.2) is 0 Å². The number of halogens is 1. The van der Waals surface area contributed by atoms with Crippen LogP contribution in [0.5, 0.6) is 5.75 Å². The maximum atomic E-state index is 13.9. The van der Waals surface area contributed by atoms with Gasteiger partial charge in [-0.1, -0.05) is 52.3 Å². The lowest BCUT2D eigenvalue weighted by Crippen LogP contribution is -2.54. The van der Waals surface area contributed by atoms with Gasteiger partial charge in [0.05, 0.1) is 17.7 Å². The van der Waals surface area contributed by atoms with Crippen molar-refractivity contribution in [3.63, 3.8) is 0 Å². The average Bonchev–Trinajstić information content (AvgIpc) is 2.90. The third-order valence-electron chi connectivity index (χ3n) is 5.88. The van der Waals surface area contributed by atoms with Crippen molar-refractivity contribution < 1.29 is 22.7 Å². The Bertz CT molecular complexity index is 1390. The Hall–Kier alpha value is -3.37. The van der Waals surface area contributed by atoms with Gasteiger partial charge >= 0.3 is 0 Å². The van der Waals surface area contributed by atoms with Gasteiger partial charge in [0.2, 0.25) is 11.8 Å². The summed E-state index contributed by atoms with van der Waals surface area (Å²) < 4.78 is 34.8. The van der Waals surface area contributed by atoms with Crippen LogP contribution >= 0.6 is 15.9 Å². The molecule has 1 atom stereocenters. The first-order valence-corrected chi connectivity index (χ1v) is 14.6. The molecule has 0 aromatic heterocycles. The number of benzene rings is 3. The van der Waals surface area contributed by atoms with E-state index in [0.29, 0.717) is 5.75 Å². The molecule has 39 heavy (non-hydrogen) atoms. The molecule has 0 saturated heterocycles. The SMILES string of the molecule is COc1cccc(N(CC(=O)N(Cc2ccc(Br)cc2)[C@@H](C)C(=O)NC(C)(C)C)S(=O)(=O)c2ccccc2)c1. The Morgan fingerprint density at radius 3 is 2.21 bits per heavy atom. The molecule has 10 heteroatoms. The maximum Gasteiger partial charge on any atom is 0.264 e. The monoisotopic (exact) mass is 615 g/mol. The number of nitrogens with one attached hydrogen (secondary N) is 1. The molecule has 0 aliphatic rings. The van der Waals surface area contributed by atoms with Gasteiger partial charge in [-0.3, -0.25) is 13.9 Å². The minimum absolute atomic E-state index is 0.0404. The van der Waals surface area contributed by atoms with Crippen LogP contribution in [0.15, 0.2) is 88.2 Å². The fraction of sp³-hybridized carbons (Fsp3) is 0.310. The summed E-state index contributed by atoms with van der Waals surface area (Å²) in [6.45, 7) is 6.80. The number of ether oxygens (including phenoxy) is 1. The molecule has 0 bridgehead atoms. The lowest BCUT2D eigenvalue weighted by atomic mass is 10.1. The summed E-state index contributed by atoms with van der Waals surface area (Å²) in [4.78, 5) is 28.5. The van der Waals surface area contributed by atoms with Crippen molar-refractivity contribution in [2.75, 3.05) is 18.0 Å². The van der Waals surface area contributed by atoms with Crippen LogP contribution in [0.3, 0.4) is 0 Å². The molecule has 0 aliphatic carbocycles. The highest BCUT2D eigenvalue weighted by Gasteiger charge is 2.33. The van der Waals surface area contributed by atoms with Crippen molar-refractivity contribution in [3.8, 4) is 5.75 Å². The van der Waals surface area contributed by atoms with E-state index in [1.165, 1.54) is 24.1 Å². The molecule has 3 rings (SSSR count). The van der Waals surface area contributed by atoms with Crippen LogP contribution in [-0.4, -0.2) is 50.4 Å². The molecule has 0 fully saturated rings. The van der Waals surface area contributed by atoms with E-state index in [1.807, 2.05) is 45.0 Å². The van der Waals surface area contributed by atoms with E-state index >= 15 is 0 Å². The van der Waals surface area contributed by atoms with Crippen LogP contribution in [0, 0.1) is 0 Å². The average molecular weight is 617 g/mol. The van der Waals surface area contributed by atoms with Crippen molar-refractivity contribution in [3.05, 3.63) is 88.9 Å². The molecule has 1 N–H and O–H groups in total. The molecule has 3 aromatic rings. The molecule has 0 radical (unpaired) electrons. The summed E-state index contributed by atoms with van der Waals surface area (Å²) >= 11 is 3.41. The summed E-state index contributed by atoms with van der Waals surface area (Å²) in [6, 6.07) is 20.9. The van der Waals surface area contributed by atoms with Gasteiger partial charge in [0, 0.05) is 22.6 Å². The fourth-order valence-corrected chi connectivity index (χ4v) is 5.55. The normalized spacial score (nSPS) is 12.4. The van der Waals surface area contributed by atoms with Crippen molar-refractivity contribution in [1.29, 1.82) is 0 Å². The number of methoxy groups -OCH3 is 1. The molecule has 0 aliphatic heterocycles. The minimum Gasteiger partial charge on any atom is -0.497 e. The Morgan fingerprint density at radius 2 is 1.62 bits per heavy atom. The van der Waals surface area contributed by atoms with Crippen LogP contribution in [0.25, 0.3) is 0 Å². The number of hydrogen-bond donors (Lipinski definition) is 1. The van der Waals surface area contributed by atoms with Crippen LogP contribution in [0.2, 0.25) is 0 Å². The number of sulfonamides is 1. The van der Waals surface area contributed by atoms with E-state index < -0.39 is 34.1 Å². The molecular formula is C29H34BrN3O5S. The number of rotatable bonds is 10. The number of amides is 2. The van der Waals surface area contributed by atoms with Gasteiger partial charge in [0.25, 0.3) is 10.0 Å². The number of carbonyl (C=O) groups excluding carboxylic acids is 2. The highest BCUT2D eigenvalue weighted by Crippen LogP contribution is 2.27. The number of hydrogen-bond acceptors (Lipinski definition) is 5. The van der Waals surface area contributed by atoms with Crippen LogP contribution in [0.4, 0.5) is 5.69 Å². The molecule has 0 heterocycles. The first-order chi connectivity index (χ1) is 18.3. The van der Waals surface area contributed by atoms with E-state index in [1.54, 1.807) is 49.4 Å². The van der Waals surface area contributed by atoms with Gasteiger partial charge in [-0.15, -0.1) is 0 Å². The lowest BCUT2D eigenvalue weighted by molar-refractivity contribution is -0.140. The highest BCUT2D eigenvalue weighted by atomic mass is 79.9. The molecule has 208 valence electrons. The van der Waals surface area contributed by atoms with Gasteiger partial charge in [-0.05, 0) is 69.7 Å². The van der Waals surface area contributed by atoms with Gasteiger partial charge in [-0.2, -0.15) is 0 Å². The zero-order valence-electron chi connectivity index (χ0n) is 22.7. The van der Waals surface area contributed by atoms with Crippen molar-refractivity contribution in [2.24, 2.45) is 0 Å². The molecule has 0 saturated carbocycles. The summed E-state index contributed by atoms with van der Waals surface area (Å²) in [5, 5.41) is 2.92. The summed E-state index contributed by atoms with van der Waals surface area (Å²) in [5.41, 5.74) is 0.545. The molecule has 8 nitrogen and oxygen atoms in total.